The van der Waals surface area contributed by atoms with Crippen LogP contribution in [0.5, 0.6) is 0 Å². The Balaban J connectivity index is 2.12. The van der Waals surface area contributed by atoms with Crippen molar-refractivity contribution < 1.29 is 9.53 Å². The second kappa shape index (κ2) is 5.86. The van der Waals surface area contributed by atoms with E-state index in [1.54, 1.807) is 0 Å². The minimum atomic E-state index is -0.528. The molecule has 0 spiro atoms. The Hall–Kier alpha value is -1.51. The van der Waals surface area contributed by atoms with Gasteiger partial charge in [-0.05, 0) is 50.7 Å². The third-order valence-electron chi connectivity index (χ3n) is 4.27. The van der Waals surface area contributed by atoms with Gasteiger partial charge >= 0.3 is 5.97 Å². The minimum Gasteiger partial charge on any atom is -0.464 e. The maximum atomic E-state index is 12.3. The van der Waals surface area contributed by atoms with Crippen molar-refractivity contribution in [1.29, 1.82) is 0 Å². The van der Waals surface area contributed by atoms with Crippen LogP contribution in [0.15, 0.2) is 24.3 Å². The summed E-state index contributed by atoms with van der Waals surface area (Å²) in [6, 6.07) is 8.16. The Kier molecular flexibility index (Phi) is 4.36. The van der Waals surface area contributed by atoms with Crippen LogP contribution >= 0.6 is 0 Å². The summed E-state index contributed by atoms with van der Waals surface area (Å²) in [5.74, 6) is 1.09. The molecule has 0 amide bonds. The summed E-state index contributed by atoms with van der Waals surface area (Å²) in [7, 11) is 0. The maximum Gasteiger partial charge on any atom is 0.331 e. The first-order chi connectivity index (χ1) is 9.47. The van der Waals surface area contributed by atoms with Crippen LogP contribution in [0, 0.1) is 18.8 Å². The number of nitrogens with one attached hydrogen (secondary N) is 1. The number of esters is 1. The average molecular weight is 275 g/mol. The fraction of sp³-hybridized carbons (Fsp3) is 0.588. The van der Waals surface area contributed by atoms with Gasteiger partial charge in [-0.1, -0.05) is 31.5 Å². The van der Waals surface area contributed by atoms with Gasteiger partial charge in [0.1, 0.15) is 5.54 Å². The standard InChI is InChI=1S/C17H25NO2/c1-5-20-16(19)17(10-14(11-17)12(2)3)18-15-8-6-13(4)7-9-15/h6-9,12,14,18H,5,10-11H2,1-4H3. The summed E-state index contributed by atoms with van der Waals surface area (Å²) in [6.07, 6.45) is 1.72. The van der Waals surface area contributed by atoms with Gasteiger partial charge in [0.25, 0.3) is 0 Å². The molecule has 110 valence electrons. The number of carbonyl (C=O) groups excluding carboxylic acids is 1. The first kappa shape index (κ1) is 14.9. The Labute approximate surface area is 121 Å². The van der Waals surface area contributed by atoms with Crippen LogP contribution in [0.1, 0.15) is 39.2 Å². The second-order valence-electron chi connectivity index (χ2n) is 6.21. The molecule has 1 N–H and O–H groups in total. The molecule has 2 rings (SSSR count). The monoisotopic (exact) mass is 275 g/mol. The largest absolute Gasteiger partial charge is 0.464 e. The molecule has 20 heavy (non-hydrogen) atoms. The van der Waals surface area contributed by atoms with E-state index in [0.717, 1.165) is 18.5 Å². The predicted octanol–water partition coefficient (Wildman–Crippen LogP) is 3.77. The maximum absolute atomic E-state index is 12.3. The van der Waals surface area contributed by atoms with Crippen molar-refractivity contribution in [2.45, 2.75) is 46.1 Å². The lowest BCUT2D eigenvalue weighted by Crippen LogP contribution is -2.58. The van der Waals surface area contributed by atoms with E-state index in [2.05, 4.69) is 38.2 Å². The molecule has 1 saturated carbocycles. The van der Waals surface area contributed by atoms with E-state index in [0.29, 0.717) is 18.4 Å². The van der Waals surface area contributed by atoms with Crippen LogP contribution in [0.2, 0.25) is 0 Å². The number of hydrogen-bond donors (Lipinski definition) is 1. The lowest BCUT2D eigenvalue weighted by atomic mass is 9.64. The molecule has 1 aromatic rings. The fourth-order valence-corrected chi connectivity index (χ4v) is 2.81. The number of rotatable bonds is 5. The molecule has 0 saturated heterocycles. The summed E-state index contributed by atoms with van der Waals surface area (Å²) in [6.45, 7) is 8.78. The van der Waals surface area contributed by atoms with Crippen LogP contribution in [0.3, 0.4) is 0 Å². The average Bonchev–Trinajstić information content (AvgIpc) is 2.35. The lowest BCUT2D eigenvalue weighted by molar-refractivity contribution is -0.154. The molecule has 1 fully saturated rings. The zero-order chi connectivity index (χ0) is 14.8. The quantitative estimate of drug-likeness (QED) is 0.831. The van der Waals surface area contributed by atoms with Crippen molar-refractivity contribution >= 4 is 11.7 Å². The van der Waals surface area contributed by atoms with Crippen molar-refractivity contribution in [3.05, 3.63) is 29.8 Å². The molecule has 3 nitrogen and oxygen atoms in total. The molecule has 0 aliphatic heterocycles. The van der Waals surface area contributed by atoms with Crippen LogP contribution in [0.4, 0.5) is 5.69 Å². The first-order valence-corrected chi connectivity index (χ1v) is 7.49. The summed E-state index contributed by atoms with van der Waals surface area (Å²) in [4.78, 5) is 12.3. The van der Waals surface area contributed by atoms with Crippen molar-refractivity contribution in [3.63, 3.8) is 0 Å². The first-order valence-electron chi connectivity index (χ1n) is 7.49. The van der Waals surface area contributed by atoms with Gasteiger partial charge in [0.05, 0.1) is 6.61 Å². The van der Waals surface area contributed by atoms with E-state index in [-0.39, 0.29) is 5.97 Å². The van der Waals surface area contributed by atoms with Crippen LogP contribution in [-0.2, 0) is 9.53 Å². The van der Waals surface area contributed by atoms with Crippen molar-refractivity contribution in [3.8, 4) is 0 Å². The van der Waals surface area contributed by atoms with E-state index in [1.165, 1.54) is 5.56 Å². The van der Waals surface area contributed by atoms with Gasteiger partial charge in [-0.15, -0.1) is 0 Å². The van der Waals surface area contributed by atoms with E-state index in [9.17, 15) is 4.79 Å². The highest BCUT2D eigenvalue weighted by atomic mass is 16.5. The zero-order valence-electron chi connectivity index (χ0n) is 12.9. The topological polar surface area (TPSA) is 38.3 Å². The molecular weight excluding hydrogens is 250 g/mol. The van der Waals surface area contributed by atoms with E-state index >= 15 is 0 Å². The summed E-state index contributed by atoms with van der Waals surface area (Å²) in [5.41, 5.74) is 1.68. The predicted molar refractivity (Wildman–Crippen MR) is 81.7 cm³/mol. The molecule has 0 heterocycles. The highest BCUT2D eigenvalue weighted by Gasteiger charge is 2.52. The van der Waals surface area contributed by atoms with Gasteiger partial charge in [0, 0.05) is 5.69 Å². The molecule has 1 aromatic carbocycles. The fourth-order valence-electron chi connectivity index (χ4n) is 2.81. The third-order valence-corrected chi connectivity index (χ3v) is 4.27. The van der Waals surface area contributed by atoms with Crippen LogP contribution in [-0.4, -0.2) is 18.1 Å². The second-order valence-corrected chi connectivity index (χ2v) is 6.21. The molecule has 0 bridgehead atoms. The summed E-state index contributed by atoms with van der Waals surface area (Å²) < 4.78 is 5.27. The van der Waals surface area contributed by atoms with Gasteiger partial charge < -0.3 is 10.1 Å². The molecular formula is C17H25NO2. The molecule has 0 atom stereocenters. The van der Waals surface area contributed by atoms with E-state index in [1.807, 2.05) is 19.1 Å². The number of benzene rings is 1. The summed E-state index contributed by atoms with van der Waals surface area (Å²) in [5, 5.41) is 3.41. The van der Waals surface area contributed by atoms with Crippen LogP contribution in [0.25, 0.3) is 0 Å². The Morgan fingerprint density at radius 2 is 1.95 bits per heavy atom. The molecule has 0 aromatic heterocycles. The molecule has 1 aliphatic carbocycles. The summed E-state index contributed by atoms with van der Waals surface area (Å²) >= 11 is 0. The van der Waals surface area contributed by atoms with Crippen molar-refractivity contribution in [1.82, 2.24) is 0 Å². The third kappa shape index (κ3) is 2.97. The van der Waals surface area contributed by atoms with Gasteiger partial charge in [0.15, 0.2) is 0 Å². The highest BCUT2D eigenvalue weighted by Crippen LogP contribution is 2.45. The van der Waals surface area contributed by atoms with Gasteiger partial charge in [-0.3, -0.25) is 0 Å². The smallest absolute Gasteiger partial charge is 0.331 e. The SMILES string of the molecule is CCOC(=O)C1(Nc2ccc(C)cc2)CC(C(C)C)C1. The number of hydrogen-bond acceptors (Lipinski definition) is 3. The number of ether oxygens (including phenoxy) is 1. The highest BCUT2D eigenvalue weighted by molar-refractivity contribution is 5.86. The van der Waals surface area contributed by atoms with E-state index in [4.69, 9.17) is 4.74 Å². The number of carbonyl (C=O) groups is 1. The van der Waals surface area contributed by atoms with E-state index < -0.39 is 5.54 Å². The van der Waals surface area contributed by atoms with Crippen LogP contribution < -0.4 is 5.32 Å². The lowest BCUT2D eigenvalue weighted by Gasteiger charge is -2.48. The Morgan fingerprint density at radius 1 is 1.35 bits per heavy atom. The van der Waals surface area contributed by atoms with Gasteiger partial charge in [0.2, 0.25) is 0 Å². The Morgan fingerprint density at radius 3 is 2.45 bits per heavy atom. The minimum absolute atomic E-state index is 0.113. The van der Waals surface area contributed by atoms with Gasteiger partial charge in [-0.25, -0.2) is 4.79 Å². The molecule has 1 aliphatic rings. The van der Waals surface area contributed by atoms with Gasteiger partial charge in [-0.2, -0.15) is 0 Å². The van der Waals surface area contributed by atoms with Crippen molar-refractivity contribution in [2.75, 3.05) is 11.9 Å². The number of anilines is 1. The normalized spacial score (nSPS) is 25.1. The molecule has 0 unspecified atom stereocenters. The molecule has 0 radical (unpaired) electrons. The zero-order valence-corrected chi connectivity index (χ0v) is 12.9. The van der Waals surface area contributed by atoms with Crippen molar-refractivity contribution in [2.24, 2.45) is 11.8 Å². The Bertz CT molecular complexity index is 458. The molecule has 3 heteroatoms. The number of aryl methyl sites for hydroxylation is 1.